The number of carbonyl (C=O) groups excluding carboxylic acids is 1. The van der Waals surface area contributed by atoms with E-state index in [1.807, 2.05) is 57.2 Å². The van der Waals surface area contributed by atoms with E-state index in [0.717, 1.165) is 27.7 Å². The molecule has 4 aromatic rings. The van der Waals surface area contributed by atoms with Crippen LogP contribution in [-0.4, -0.2) is 37.3 Å². The van der Waals surface area contributed by atoms with Crippen molar-refractivity contribution in [1.82, 2.24) is 24.8 Å². The molecule has 0 bridgehead atoms. The van der Waals surface area contributed by atoms with Crippen molar-refractivity contribution in [3.8, 4) is 11.3 Å². The van der Waals surface area contributed by atoms with Gasteiger partial charge in [0.2, 0.25) is 5.95 Å². The van der Waals surface area contributed by atoms with E-state index in [-0.39, 0.29) is 11.9 Å². The van der Waals surface area contributed by atoms with Gasteiger partial charge in [0.1, 0.15) is 0 Å². The van der Waals surface area contributed by atoms with Gasteiger partial charge < -0.3 is 10.6 Å². The van der Waals surface area contributed by atoms with E-state index >= 15 is 0 Å². The van der Waals surface area contributed by atoms with Crippen molar-refractivity contribution in [2.75, 3.05) is 12.3 Å². The van der Waals surface area contributed by atoms with Crippen LogP contribution in [0.4, 0.5) is 5.95 Å². The predicted molar refractivity (Wildman–Crippen MR) is 121 cm³/mol. The Balaban J connectivity index is 1.85. The lowest BCUT2D eigenvalue weighted by atomic mass is 9.99. The maximum atomic E-state index is 13.6. The topological polar surface area (TPSA) is 97.9 Å². The molecule has 0 fully saturated rings. The summed E-state index contributed by atoms with van der Waals surface area (Å²) in [5.41, 5.74) is 11.4. The van der Waals surface area contributed by atoms with E-state index < -0.39 is 0 Å². The molecule has 156 valence electrons. The van der Waals surface area contributed by atoms with Gasteiger partial charge in [-0.2, -0.15) is 0 Å². The number of rotatable bonds is 5. The molecule has 0 aliphatic carbocycles. The van der Waals surface area contributed by atoms with Gasteiger partial charge in [-0.15, -0.1) is 0 Å². The normalized spacial score (nSPS) is 10.9. The molecule has 2 N–H and O–H groups in total. The summed E-state index contributed by atoms with van der Waals surface area (Å²) in [6.07, 6.45) is 4.99. The van der Waals surface area contributed by atoms with Gasteiger partial charge in [-0.1, -0.05) is 18.2 Å². The molecule has 0 saturated carbocycles. The first-order chi connectivity index (χ1) is 15.0. The molecule has 0 unspecified atom stereocenters. The number of anilines is 1. The lowest BCUT2D eigenvalue weighted by Crippen LogP contribution is -2.31. The third-order valence-electron chi connectivity index (χ3n) is 5.45. The Morgan fingerprint density at radius 1 is 1.06 bits per heavy atom. The summed E-state index contributed by atoms with van der Waals surface area (Å²) in [5, 5.41) is 0.827. The number of hydrogen-bond acceptors (Lipinski definition) is 6. The highest BCUT2D eigenvalue weighted by Gasteiger charge is 2.21. The SMILES string of the molecule is CCN(Cc1ccccn1)C(=O)c1cc(-c2cnc(N)nc2)nc2c(C)c(C)ccc12. The van der Waals surface area contributed by atoms with E-state index in [1.54, 1.807) is 23.5 Å². The average Bonchev–Trinajstić information content (AvgIpc) is 2.80. The maximum Gasteiger partial charge on any atom is 0.254 e. The minimum absolute atomic E-state index is 0.0681. The minimum atomic E-state index is -0.0681. The summed E-state index contributed by atoms with van der Waals surface area (Å²) in [6.45, 7) is 7.02. The number of pyridine rings is 2. The van der Waals surface area contributed by atoms with E-state index in [2.05, 4.69) is 15.0 Å². The molecule has 1 amide bonds. The fourth-order valence-electron chi connectivity index (χ4n) is 3.51. The number of benzene rings is 1. The Hall–Kier alpha value is -3.87. The molecule has 1 aromatic carbocycles. The molecule has 31 heavy (non-hydrogen) atoms. The summed E-state index contributed by atoms with van der Waals surface area (Å²) in [5.74, 6) is 0.127. The highest BCUT2D eigenvalue weighted by atomic mass is 16.2. The summed E-state index contributed by atoms with van der Waals surface area (Å²) in [7, 11) is 0. The van der Waals surface area contributed by atoms with E-state index in [1.165, 1.54) is 0 Å². The predicted octanol–water partition coefficient (Wildman–Crippen LogP) is 3.95. The summed E-state index contributed by atoms with van der Waals surface area (Å²) >= 11 is 0. The maximum absolute atomic E-state index is 13.6. The van der Waals surface area contributed by atoms with Crippen LogP contribution < -0.4 is 5.73 Å². The van der Waals surface area contributed by atoms with E-state index in [9.17, 15) is 4.79 Å². The van der Waals surface area contributed by atoms with Gasteiger partial charge in [0, 0.05) is 36.1 Å². The fraction of sp³-hybridized carbons (Fsp3) is 0.208. The lowest BCUT2D eigenvalue weighted by Gasteiger charge is -2.22. The van der Waals surface area contributed by atoms with Crippen LogP contribution in [0.2, 0.25) is 0 Å². The summed E-state index contributed by atoms with van der Waals surface area (Å²) in [4.78, 5) is 32.8. The molecule has 0 aliphatic heterocycles. The van der Waals surface area contributed by atoms with Gasteiger partial charge in [-0.25, -0.2) is 15.0 Å². The second-order valence-corrected chi connectivity index (χ2v) is 7.43. The number of nitrogens with two attached hydrogens (primary N) is 1. The van der Waals surface area contributed by atoms with Crippen molar-refractivity contribution >= 4 is 22.8 Å². The van der Waals surface area contributed by atoms with Crippen LogP contribution in [-0.2, 0) is 6.54 Å². The number of aryl methyl sites for hydroxylation is 2. The van der Waals surface area contributed by atoms with Gasteiger partial charge in [-0.05, 0) is 50.1 Å². The molecule has 3 heterocycles. The van der Waals surface area contributed by atoms with Crippen LogP contribution in [0, 0.1) is 13.8 Å². The van der Waals surface area contributed by atoms with Crippen molar-refractivity contribution in [2.45, 2.75) is 27.3 Å². The first-order valence-electron chi connectivity index (χ1n) is 10.2. The molecule has 0 spiro atoms. The van der Waals surface area contributed by atoms with Crippen molar-refractivity contribution in [2.24, 2.45) is 0 Å². The summed E-state index contributed by atoms with van der Waals surface area (Å²) in [6, 6.07) is 11.5. The molecule has 0 saturated heterocycles. The van der Waals surface area contributed by atoms with E-state index in [4.69, 9.17) is 10.7 Å². The molecule has 0 atom stereocenters. The fourth-order valence-corrected chi connectivity index (χ4v) is 3.51. The van der Waals surface area contributed by atoms with Crippen LogP contribution >= 0.6 is 0 Å². The van der Waals surface area contributed by atoms with Crippen LogP contribution in [0.3, 0.4) is 0 Å². The quantitative estimate of drug-likeness (QED) is 0.533. The third-order valence-corrected chi connectivity index (χ3v) is 5.45. The zero-order valence-electron chi connectivity index (χ0n) is 17.8. The number of carbonyl (C=O) groups is 1. The monoisotopic (exact) mass is 412 g/mol. The number of aromatic nitrogens is 4. The average molecular weight is 412 g/mol. The summed E-state index contributed by atoms with van der Waals surface area (Å²) < 4.78 is 0. The third kappa shape index (κ3) is 4.07. The largest absolute Gasteiger partial charge is 0.368 e. The number of fused-ring (bicyclic) bond motifs is 1. The molecule has 4 rings (SSSR count). The number of nitrogen functional groups attached to an aromatic ring is 1. The van der Waals surface area contributed by atoms with Crippen molar-refractivity contribution in [3.05, 3.63) is 77.4 Å². The Bertz CT molecular complexity index is 1240. The van der Waals surface area contributed by atoms with Gasteiger partial charge in [-0.3, -0.25) is 9.78 Å². The highest BCUT2D eigenvalue weighted by molar-refractivity contribution is 6.08. The Morgan fingerprint density at radius 3 is 2.52 bits per heavy atom. The van der Waals surface area contributed by atoms with Gasteiger partial charge >= 0.3 is 0 Å². The zero-order valence-corrected chi connectivity index (χ0v) is 17.8. The van der Waals surface area contributed by atoms with Crippen LogP contribution in [0.5, 0.6) is 0 Å². The smallest absolute Gasteiger partial charge is 0.254 e. The Morgan fingerprint density at radius 2 is 1.84 bits per heavy atom. The first kappa shape index (κ1) is 20.4. The van der Waals surface area contributed by atoms with Gasteiger partial charge in [0.25, 0.3) is 5.91 Å². The van der Waals surface area contributed by atoms with Crippen LogP contribution in [0.15, 0.2) is 55.0 Å². The van der Waals surface area contributed by atoms with Gasteiger partial charge in [0.05, 0.1) is 29.0 Å². The van der Waals surface area contributed by atoms with Crippen molar-refractivity contribution < 1.29 is 4.79 Å². The number of amides is 1. The first-order valence-corrected chi connectivity index (χ1v) is 10.2. The number of nitrogens with zero attached hydrogens (tertiary/aromatic N) is 5. The highest BCUT2D eigenvalue weighted by Crippen LogP contribution is 2.29. The second-order valence-electron chi connectivity index (χ2n) is 7.43. The zero-order chi connectivity index (χ0) is 22.0. The number of hydrogen-bond donors (Lipinski definition) is 1. The van der Waals surface area contributed by atoms with Crippen LogP contribution in [0.1, 0.15) is 34.1 Å². The minimum Gasteiger partial charge on any atom is -0.368 e. The van der Waals surface area contributed by atoms with Crippen LogP contribution in [0.25, 0.3) is 22.2 Å². The van der Waals surface area contributed by atoms with E-state index in [0.29, 0.717) is 29.9 Å². The molecule has 3 aromatic heterocycles. The van der Waals surface area contributed by atoms with Crippen molar-refractivity contribution in [3.63, 3.8) is 0 Å². The molecular weight excluding hydrogens is 388 g/mol. The molecule has 7 heteroatoms. The lowest BCUT2D eigenvalue weighted by molar-refractivity contribution is 0.0752. The van der Waals surface area contributed by atoms with Crippen molar-refractivity contribution in [1.29, 1.82) is 0 Å². The second kappa shape index (κ2) is 8.47. The molecule has 0 radical (unpaired) electrons. The molecule has 0 aliphatic rings. The standard InChI is InChI=1S/C24H24N6O/c1-4-30(14-18-7-5-6-10-26-18)23(31)20-11-21(17-12-27-24(25)28-13-17)29-22-16(3)15(2)8-9-19(20)22/h5-13H,4,14H2,1-3H3,(H2,25,27,28). The Kier molecular flexibility index (Phi) is 5.58. The molecular formula is C24H24N6O. The van der Waals surface area contributed by atoms with Gasteiger partial charge in [0.15, 0.2) is 0 Å². The Labute approximate surface area is 181 Å². The molecule has 7 nitrogen and oxygen atoms in total.